The fourth-order valence-corrected chi connectivity index (χ4v) is 7.76. The van der Waals surface area contributed by atoms with Crippen molar-refractivity contribution in [3.05, 3.63) is 87.9 Å². The maximum Gasteiger partial charge on any atom is 0.243 e. The molecule has 1 aliphatic carbocycles. The van der Waals surface area contributed by atoms with E-state index >= 15 is 0 Å². The van der Waals surface area contributed by atoms with Gasteiger partial charge in [-0.2, -0.15) is 4.31 Å². The molecule has 0 amide bonds. The Balaban J connectivity index is 1.35. The molecule has 3 aromatic rings. The summed E-state index contributed by atoms with van der Waals surface area (Å²) in [5.41, 5.74) is 5.78. The molecule has 0 saturated heterocycles. The van der Waals surface area contributed by atoms with Crippen LogP contribution in [0, 0.1) is 0 Å². The van der Waals surface area contributed by atoms with Gasteiger partial charge in [-0.25, -0.2) is 8.42 Å². The van der Waals surface area contributed by atoms with Crippen LogP contribution in [0.5, 0.6) is 0 Å². The van der Waals surface area contributed by atoms with Crippen LogP contribution in [0.25, 0.3) is 0 Å². The van der Waals surface area contributed by atoms with E-state index in [1.54, 1.807) is 16.4 Å². The van der Waals surface area contributed by atoms with Gasteiger partial charge in [0.1, 0.15) is 0 Å². The van der Waals surface area contributed by atoms with Crippen molar-refractivity contribution in [2.75, 3.05) is 23.3 Å². The summed E-state index contributed by atoms with van der Waals surface area (Å²) in [4.78, 5) is 2.78. The lowest BCUT2D eigenvalue weighted by Gasteiger charge is -2.32. The smallest absolute Gasteiger partial charge is 0.243 e. The standard InChI is InChI=1S/C30H36BrN3O2S/c1-2-33-19-7-9-24-20-23(13-18-30(24)33)22-34(27-10-4-5-11-27)37(35,36)28-16-14-26(15-17-28)32-21-25-8-3-6-12-29(25)31/h3,6,8,12-18,20,27,32H,2,4-5,7,9-11,19,21-22H2,1H3. The predicted octanol–water partition coefficient (Wildman–Crippen LogP) is 6.97. The highest BCUT2D eigenvalue weighted by Crippen LogP contribution is 2.33. The van der Waals surface area contributed by atoms with Gasteiger partial charge in [-0.05, 0) is 85.7 Å². The minimum Gasteiger partial charge on any atom is -0.381 e. The van der Waals surface area contributed by atoms with E-state index in [0.29, 0.717) is 18.0 Å². The third-order valence-electron chi connectivity index (χ3n) is 7.71. The summed E-state index contributed by atoms with van der Waals surface area (Å²) >= 11 is 3.58. The second-order valence-corrected chi connectivity index (χ2v) is 12.8. The molecule has 196 valence electrons. The lowest BCUT2D eigenvalue weighted by atomic mass is 9.99. The first-order valence-corrected chi connectivity index (χ1v) is 15.6. The molecule has 1 heterocycles. The average molecular weight is 583 g/mol. The van der Waals surface area contributed by atoms with Gasteiger partial charge in [0.25, 0.3) is 0 Å². The summed E-state index contributed by atoms with van der Waals surface area (Å²) in [5.74, 6) is 0. The molecule has 0 spiro atoms. The Morgan fingerprint density at radius 2 is 1.76 bits per heavy atom. The number of halogens is 1. The highest BCUT2D eigenvalue weighted by atomic mass is 79.9. The number of rotatable bonds is 9. The number of hydrogen-bond donors (Lipinski definition) is 1. The molecule has 1 N–H and O–H groups in total. The number of anilines is 2. The fourth-order valence-electron chi connectivity index (χ4n) is 5.66. The van der Waals surface area contributed by atoms with E-state index in [9.17, 15) is 8.42 Å². The van der Waals surface area contributed by atoms with Gasteiger partial charge in [-0.1, -0.05) is 59.1 Å². The number of fused-ring (bicyclic) bond motifs is 1. The Kier molecular flexibility index (Phi) is 8.22. The number of aryl methyl sites for hydroxylation is 1. The second-order valence-electron chi connectivity index (χ2n) is 10.1. The molecule has 7 heteroatoms. The van der Waals surface area contributed by atoms with Gasteiger partial charge in [-0.15, -0.1) is 0 Å². The van der Waals surface area contributed by atoms with Crippen molar-refractivity contribution in [2.24, 2.45) is 0 Å². The van der Waals surface area contributed by atoms with Crippen LogP contribution in [0.15, 0.2) is 76.1 Å². The van der Waals surface area contributed by atoms with Crippen molar-refractivity contribution in [3.8, 4) is 0 Å². The summed E-state index contributed by atoms with van der Waals surface area (Å²) in [6, 6.07) is 21.9. The molecule has 5 rings (SSSR count). The largest absolute Gasteiger partial charge is 0.381 e. The molecule has 3 aromatic carbocycles. The third-order valence-corrected chi connectivity index (χ3v) is 10.4. The summed E-state index contributed by atoms with van der Waals surface area (Å²) in [6.45, 7) is 5.38. The Morgan fingerprint density at radius 1 is 1.00 bits per heavy atom. The highest BCUT2D eigenvalue weighted by Gasteiger charge is 2.33. The van der Waals surface area contributed by atoms with E-state index in [1.165, 1.54) is 11.3 Å². The first-order valence-electron chi connectivity index (χ1n) is 13.4. The fraction of sp³-hybridized carbons (Fsp3) is 0.400. The first kappa shape index (κ1) is 26.3. The third kappa shape index (κ3) is 5.89. The van der Waals surface area contributed by atoms with E-state index < -0.39 is 10.0 Å². The summed E-state index contributed by atoms with van der Waals surface area (Å²) in [7, 11) is -3.62. The van der Waals surface area contributed by atoms with Crippen molar-refractivity contribution in [2.45, 2.75) is 69.5 Å². The number of nitrogens with one attached hydrogen (secondary N) is 1. The molecule has 0 bridgehead atoms. The predicted molar refractivity (Wildman–Crippen MR) is 156 cm³/mol. The number of nitrogens with zero attached hydrogens (tertiary/aromatic N) is 2. The van der Waals surface area contributed by atoms with E-state index in [-0.39, 0.29) is 6.04 Å². The molecule has 5 nitrogen and oxygen atoms in total. The van der Waals surface area contributed by atoms with Crippen molar-refractivity contribution < 1.29 is 8.42 Å². The summed E-state index contributed by atoms with van der Waals surface area (Å²) in [5, 5.41) is 3.40. The number of benzene rings is 3. The average Bonchev–Trinajstić information content (AvgIpc) is 3.45. The molecular formula is C30H36BrN3O2S. The van der Waals surface area contributed by atoms with E-state index in [2.05, 4.69) is 57.3 Å². The molecule has 0 radical (unpaired) electrons. The van der Waals surface area contributed by atoms with Crippen LogP contribution in [0.3, 0.4) is 0 Å². The van der Waals surface area contributed by atoms with Crippen LogP contribution in [0.1, 0.15) is 55.7 Å². The Labute approximate surface area is 230 Å². The van der Waals surface area contributed by atoms with Crippen LogP contribution in [-0.2, 0) is 29.5 Å². The second kappa shape index (κ2) is 11.6. The SMILES string of the molecule is CCN1CCCc2cc(CN(C3CCCC3)S(=O)(=O)c3ccc(NCc4ccccc4Br)cc3)ccc21. The van der Waals surface area contributed by atoms with Crippen molar-refractivity contribution in [1.82, 2.24) is 4.31 Å². The van der Waals surface area contributed by atoms with Gasteiger partial charge in [0.15, 0.2) is 0 Å². The molecule has 0 atom stereocenters. The van der Waals surface area contributed by atoms with E-state index in [1.807, 2.05) is 30.3 Å². The van der Waals surface area contributed by atoms with Crippen molar-refractivity contribution in [3.63, 3.8) is 0 Å². The van der Waals surface area contributed by atoms with Gasteiger partial charge in [-0.3, -0.25) is 0 Å². The molecular weight excluding hydrogens is 546 g/mol. The normalized spacial score (nSPS) is 16.2. The maximum absolute atomic E-state index is 13.9. The molecule has 2 aliphatic rings. The van der Waals surface area contributed by atoms with Crippen LogP contribution in [-0.4, -0.2) is 31.9 Å². The lowest BCUT2D eigenvalue weighted by Crippen LogP contribution is -2.38. The van der Waals surface area contributed by atoms with Gasteiger partial charge in [0, 0.05) is 48.1 Å². The first-order chi connectivity index (χ1) is 18.0. The van der Waals surface area contributed by atoms with E-state index in [4.69, 9.17) is 0 Å². The van der Waals surface area contributed by atoms with Crippen molar-refractivity contribution >= 4 is 37.3 Å². The Hall–Kier alpha value is -2.35. The van der Waals surface area contributed by atoms with Gasteiger partial charge >= 0.3 is 0 Å². The van der Waals surface area contributed by atoms with Crippen molar-refractivity contribution in [1.29, 1.82) is 0 Å². The number of hydrogen-bond acceptors (Lipinski definition) is 4. The lowest BCUT2D eigenvalue weighted by molar-refractivity contribution is 0.316. The molecule has 0 unspecified atom stereocenters. The topological polar surface area (TPSA) is 52.7 Å². The molecule has 37 heavy (non-hydrogen) atoms. The molecule has 1 saturated carbocycles. The number of sulfonamides is 1. The van der Waals surface area contributed by atoms with Crippen LogP contribution >= 0.6 is 15.9 Å². The van der Waals surface area contributed by atoms with Crippen LogP contribution in [0.4, 0.5) is 11.4 Å². The summed E-state index contributed by atoms with van der Waals surface area (Å²) < 4.78 is 30.7. The zero-order valence-corrected chi connectivity index (χ0v) is 23.9. The van der Waals surface area contributed by atoms with Gasteiger partial charge in [0.05, 0.1) is 4.90 Å². The monoisotopic (exact) mass is 581 g/mol. The van der Waals surface area contributed by atoms with Crippen LogP contribution in [0.2, 0.25) is 0 Å². The maximum atomic E-state index is 13.9. The zero-order valence-electron chi connectivity index (χ0n) is 21.5. The molecule has 1 fully saturated rings. The minimum atomic E-state index is -3.62. The van der Waals surface area contributed by atoms with Gasteiger partial charge < -0.3 is 10.2 Å². The van der Waals surface area contributed by atoms with Gasteiger partial charge in [0.2, 0.25) is 10.0 Å². The Bertz CT molecular complexity index is 1320. The zero-order chi connectivity index (χ0) is 25.8. The molecule has 0 aromatic heterocycles. The Morgan fingerprint density at radius 3 is 2.49 bits per heavy atom. The van der Waals surface area contributed by atoms with E-state index in [0.717, 1.165) is 72.9 Å². The van der Waals surface area contributed by atoms with Crippen LogP contribution < -0.4 is 10.2 Å². The summed E-state index contributed by atoms with van der Waals surface area (Å²) in [6.07, 6.45) is 6.24. The molecule has 1 aliphatic heterocycles. The minimum absolute atomic E-state index is 0.0569. The quantitative estimate of drug-likeness (QED) is 0.296. The highest BCUT2D eigenvalue weighted by molar-refractivity contribution is 9.10.